The van der Waals surface area contributed by atoms with E-state index >= 15 is 0 Å². The molecule has 1 amide bonds. The lowest BCUT2D eigenvalue weighted by atomic mass is 9.89. The van der Waals surface area contributed by atoms with Gasteiger partial charge in [0.15, 0.2) is 17.7 Å². The van der Waals surface area contributed by atoms with Crippen LogP contribution in [0.4, 0.5) is 11.6 Å². The van der Waals surface area contributed by atoms with Crippen molar-refractivity contribution in [2.45, 2.75) is 58.7 Å². The van der Waals surface area contributed by atoms with Crippen molar-refractivity contribution in [1.82, 2.24) is 4.98 Å². The van der Waals surface area contributed by atoms with Gasteiger partial charge in [-0.1, -0.05) is 20.8 Å². The summed E-state index contributed by atoms with van der Waals surface area (Å²) in [7, 11) is 0. The van der Waals surface area contributed by atoms with Gasteiger partial charge in [-0.25, -0.2) is 4.98 Å². The zero-order chi connectivity index (χ0) is 18.8. The molecule has 7 nitrogen and oxygen atoms in total. The molecule has 1 fully saturated rings. The van der Waals surface area contributed by atoms with E-state index in [-0.39, 0.29) is 36.1 Å². The molecule has 0 aromatic carbocycles. The number of nitrogens with two attached hydrogens (primary N) is 1. The quantitative estimate of drug-likeness (QED) is 0.828. The molecule has 7 heteroatoms. The molecule has 1 aliphatic carbocycles. The third-order valence-electron chi connectivity index (χ3n) is 5.03. The van der Waals surface area contributed by atoms with E-state index < -0.39 is 12.1 Å². The minimum Gasteiger partial charge on any atom is -0.476 e. The number of anilines is 2. The molecule has 0 spiro atoms. The number of nitrogens with zero attached hydrogens (tertiary/aromatic N) is 2. The van der Waals surface area contributed by atoms with E-state index in [2.05, 4.69) is 11.9 Å². The van der Waals surface area contributed by atoms with Gasteiger partial charge in [0.2, 0.25) is 0 Å². The fourth-order valence-corrected chi connectivity index (χ4v) is 3.45. The Bertz CT molecular complexity index is 683. The lowest BCUT2D eigenvalue weighted by Crippen LogP contribution is -2.51. The number of esters is 1. The minimum absolute atomic E-state index is 0.0356. The predicted octanol–water partition coefficient (Wildman–Crippen LogP) is 2.54. The van der Waals surface area contributed by atoms with Gasteiger partial charge < -0.3 is 15.2 Å². The van der Waals surface area contributed by atoms with E-state index in [9.17, 15) is 9.59 Å². The molecule has 1 aliphatic heterocycles. The number of nitrogen functional groups attached to an aromatic ring is 1. The van der Waals surface area contributed by atoms with Gasteiger partial charge in [0, 0.05) is 0 Å². The van der Waals surface area contributed by atoms with Crippen LogP contribution in [-0.2, 0) is 14.3 Å². The fraction of sp³-hybridized carbons (Fsp3) is 0.632. The Hall–Kier alpha value is -2.31. The van der Waals surface area contributed by atoms with Crippen LogP contribution in [0.15, 0.2) is 12.1 Å². The van der Waals surface area contributed by atoms with Crippen LogP contribution in [0.1, 0.15) is 46.5 Å². The van der Waals surface area contributed by atoms with Gasteiger partial charge in [0.25, 0.3) is 5.91 Å². The second-order valence-electron chi connectivity index (χ2n) is 7.64. The molecule has 3 rings (SSSR count). The minimum atomic E-state index is -0.656. The fourth-order valence-electron chi connectivity index (χ4n) is 3.45. The molecular formula is C19H27N3O4. The summed E-state index contributed by atoms with van der Waals surface area (Å²) in [5, 5.41) is 0. The van der Waals surface area contributed by atoms with Crippen LogP contribution in [0, 0.1) is 11.8 Å². The lowest BCUT2D eigenvalue weighted by Gasteiger charge is -2.35. The predicted molar refractivity (Wildman–Crippen MR) is 97.8 cm³/mol. The Morgan fingerprint density at radius 3 is 2.69 bits per heavy atom. The maximum Gasteiger partial charge on any atom is 0.326 e. The van der Waals surface area contributed by atoms with Crippen molar-refractivity contribution in [2.75, 3.05) is 17.2 Å². The monoisotopic (exact) mass is 361 g/mol. The SMILES string of the molecule is CC1CCC(OC(=O)CN2C(=O)C(C(C)C)Oc3ccc(N)nc32)CC1. The van der Waals surface area contributed by atoms with Crippen molar-refractivity contribution >= 4 is 23.5 Å². The van der Waals surface area contributed by atoms with Gasteiger partial charge in [-0.2, -0.15) is 0 Å². The normalized spacial score (nSPS) is 25.6. The Morgan fingerprint density at radius 2 is 2.04 bits per heavy atom. The van der Waals surface area contributed by atoms with Gasteiger partial charge in [-0.05, 0) is 49.7 Å². The molecule has 142 valence electrons. The average Bonchev–Trinajstić information content (AvgIpc) is 2.59. The van der Waals surface area contributed by atoms with Crippen molar-refractivity contribution in [2.24, 2.45) is 11.8 Å². The zero-order valence-electron chi connectivity index (χ0n) is 15.6. The van der Waals surface area contributed by atoms with Crippen LogP contribution < -0.4 is 15.4 Å². The second-order valence-corrected chi connectivity index (χ2v) is 7.64. The highest BCUT2D eigenvalue weighted by Gasteiger charge is 2.39. The van der Waals surface area contributed by atoms with E-state index in [0.717, 1.165) is 25.7 Å². The number of amides is 1. The van der Waals surface area contributed by atoms with Gasteiger partial charge in [-0.15, -0.1) is 0 Å². The molecule has 1 aromatic heterocycles. The van der Waals surface area contributed by atoms with Crippen molar-refractivity contribution in [3.05, 3.63) is 12.1 Å². The summed E-state index contributed by atoms with van der Waals surface area (Å²) in [6.45, 7) is 5.83. The Morgan fingerprint density at radius 1 is 1.35 bits per heavy atom. The topological polar surface area (TPSA) is 94.8 Å². The van der Waals surface area contributed by atoms with Crippen molar-refractivity contribution in [3.63, 3.8) is 0 Å². The highest BCUT2D eigenvalue weighted by molar-refractivity contribution is 6.02. The Labute approximate surface area is 153 Å². The van der Waals surface area contributed by atoms with Gasteiger partial charge in [-0.3, -0.25) is 14.5 Å². The lowest BCUT2D eigenvalue weighted by molar-refractivity contribution is -0.150. The highest BCUT2D eigenvalue weighted by Crippen LogP contribution is 2.35. The van der Waals surface area contributed by atoms with Crippen LogP contribution in [0.3, 0.4) is 0 Å². The highest BCUT2D eigenvalue weighted by atomic mass is 16.5. The number of ether oxygens (including phenoxy) is 2. The summed E-state index contributed by atoms with van der Waals surface area (Å²) >= 11 is 0. The molecule has 0 radical (unpaired) electrons. The molecule has 2 heterocycles. The number of carbonyl (C=O) groups excluding carboxylic acids is 2. The third-order valence-corrected chi connectivity index (χ3v) is 5.03. The summed E-state index contributed by atoms with van der Waals surface area (Å²) < 4.78 is 11.4. The van der Waals surface area contributed by atoms with Crippen LogP contribution in [0.25, 0.3) is 0 Å². The summed E-state index contributed by atoms with van der Waals surface area (Å²) in [6.07, 6.45) is 3.15. The van der Waals surface area contributed by atoms with Crippen LogP contribution >= 0.6 is 0 Å². The first kappa shape index (κ1) is 18.5. The smallest absolute Gasteiger partial charge is 0.326 e. The van der Waals surface area contributed by atoms with Crippen molar-refractivity contribution < 1.29 is 19.1 Å². The number of hydrogen-bond acceptors (Lipinski definition) is 6. The molecule has 0 saturated heterocycles. The number of pyridine rings is 1. The number of aromatic nitrogens is 1. The Kier molecular flexibility index (Phi) is 5.34. The molecule has 1 saturated carbocycles. The molecule has 1 atom stereocenters. The molecular weight excluding hydrogens is 334 g/mol. The van der Waals surface area contributed by atoms with Gasteiger partial charge in [0.05, 0.1) is 0 Å². The first-order valence-electron chi connectivity index (χ1n) is 9.29. The summed E-state index contributed by atoms with van der Waals surface area (Å²) in [4.78, 5) is 30.8. The van der Waals surface area contributed by atoms with E-state index in [4.69, 9.17) is 15.2 Å². The van der Waals surface area contributed by atoms with E-state index in [1.807, 2.05) is 13.8 Å². The summed E-state index contributed by atoms with van der Waals surface area (Å²) in [6, 6.07) is 3.30. The molecule has 2 aliphatic rings. The largest absolute Gasteiger partial charge is 0.476 e. The molecule has 2 N–H and O–H groups in total. The summed E-state index contributed by atoms with van der Waals surface area (Å²) in [5.41, 5.74) is 5.76. The van der Waals surface area contributed by atoms with Gasteiger partial charge >= 0.3 is 5.97 Å². The molecule has 0 bridgehead atoms. The number of hydrogen-bond donors (Lipinski definition) is 1. The van der Waals surface area contributed by atoms with Crippen molar-refractivity contribution in [1.29, 1.82) is 0 Å². The van der Waals surface area contributed by atoms with E-state index in [0.29, 0.717) is 11.7 Å². The molecule has 26 heavy (non-hydrogen) atoms. The number of fused-ring (bicyclic) bond motifs is 1. The molecule has 1 unspecified atom stereocenters. The first-order valence-corrected chi connectivity index (χ1v) is 9.29. The van der Waals surface area contributed by atoms with Crippen LogP contribution in [0.2, 0.25) is 0 Å². The van der Waals surface area contributed by atoms with Crippen LogP contribution in [0.5, 0.6) is 5.75 Å². The summed E-state index contributed by atoms with van der Waals surface area (Å²) in [5.74, 6) is 0.932. The van der Waals surface area contributed by atoms with Gasteiger partial charge in [0.1, 0.15) is 18.5 Å². The first-order chi connectivity index (χ1) is 12.3. The standard InChI is InChI=1S/C19H27N3O4/c1-11(2)17-19(24)22(18-14(26-17)8-9-15(20)21-18)10-16(23)25-13-6-4-12(3)5-7-13/h8-9,11-13,17H,4-7,10H2,1-3H3,(H2,20,21). The average molecular weight is 361 g/mol. The van der Waals surface area contributed by atoms with Crippen LogP contribution in [-0.4, -0.2) is 35.6 Å². The number of carbonyl (C=O) groups is 2. The number of rotatable bonds is 4. The Balaban J connectivity index is 1.75. The maximum absolute atomic E-state index is 12.8. The zero-order valence-corrected chi connectivity index (χ0v) is 15.6. The maximum atomic E-state index is 12.8. The van der Waals surface area contributed by atoms with E-state index in [1.54, 1.807) is 12.1 Å². The molecule has 1 aromatic rings. The third kappa shape index (κ3) is 3.92. The van der Waals surface area contributed by atoms with Crippen molar-refractivity contribution in [3.8, 4) is 5.75 Å². The van der Waals surface area contributed by atoms with E-state index in [1.165, 1.54) is 4.90 Å². The second kappa shape index (κ2) is 7.51.